The van der Waals surface area contributed by atoms with Crippen molar-refractivity contribution in [2.75, 3.05) is 6.54 Å². The molecule has 96 valence electrons. The molecule has 0 saturated carbocycles. The maximum absolute atomic E-state index is 12.1. The van der Waals surface area contributed by atoms with E-state index in [0.29, 0.717) is 0 Å². The number of benzene rings is 1. The first-order valence-corrected chi connectivity index (χ1v) is 5.76. The van der Waals surface area contributed by atoms with Gasteiger partial charge in [-0.2, -0.15) is 0 Å². The Hall–Kier alpha value is -1.75. The summed E-state index contributed by atoms with van der Waals surface area (Å²) < 4.78 is 26.1. The van der Waals surface area contributed by atoms with E-state index >= 15 is 0 Å². The highest BCUT2D eigenvalue weighted by molar-refractivity contribution is 5.35. The van der Waals surface area contributed by atoms with Crippen molar-refractivity contribution in [2.24, 2.45) is 0 Å². The summed E-state index contributed by atoms with van der Waals surface area (Å²) in [6.45, 7) is 1.58. The van der Waals surface area contributed by atoms with Gasteiger partial charge in [-0.25, -0.2) is 13.8 Å². The number of hydrogen-bond donors (Lipinski definition) is 1. The predicted molar refractivity (Wildman–Crippen MR) is 66.0 cm³/mol. The second kappa shape index (κ2) is 5.73. The summed E-state index contributed by atoms with van der Waals surface area (Å²) in [6.07, 6.45) is 2.96. The van der Waals surface area contributed by atoms with Crippen LogP contribution in [0.2, 0.25) is 0 Å². The van der Waals surface area contributed by atoms with Crippen LogP contribution in [0.5, 0.6) is 0 Å². The molecule has 1 heterocycles. The van der Waals surface area contributed by atoms with E-state index in [1.165, 1.54) is 0 Å². The van der Waals surface area contributed by atoms with Gasteiger partial charge in [-0.1, -0.05) is 12.1 Å². The lowest BCUT2D eigenvalue weighted by Crippen LogP contribution is -2.24. The highest BCUT2D eigenvalue weighted by atomic mass is 19.3. The zero-order valence-corrected chi connectivity index (χ0v) is 10.1. The molecule has 1 unspecified atom stereocenters. The zero-order valence-electron chi connectivity index (χ0n) is 10.1. The molecule has 0 aliphatic rings. The number of hydrogen-bond acceptors (Lipinski definition) is 2. The normalized spacial score (nSPS) is 12.9. The summed E-state index contributed by atoms with van der Waals surface area (Å²) in [6, 6.07) is 7.65. The molecule has 0 aliphatic heterocycles. The van der Waals surface area contributed by atoms with Crippen LogP contribution in [-0.2, 0) is 0 Å². The van der Waals surface area contributed by atoms with Gasteiger partial charge in [0.1, 0.15) is 0 Å². The highest BCUT2D eigenvalue weighted by Gasteiger charge is 2.08. The largest absolute Gasteiger partial charge is 0.306 e. The molecule has 5 heteroatoms. The molecule has 0 aliphatic carbocycles. The summed E-state index contributed by atoms with van der Waals surface area (Å²) in [4.78, 5) is 3.97. The molecule has 1 atom stereocenters. The van der Waals surface area contributed by atoms with Crippen LogP contribution in [0.15, 0.2) is 43.0 Å². The fourth-order valence-electron chi connectivity index (χ4n) is 1.73. The average Bonchev–Trinajstić information content (AvgIpc) is 2.90. The van der Waals surface area contributed by atoms with E-state index in [4.69, 9.17) is 0 Å². The molecule has 0 fully saturated rings. The third-order valence-electron chi connectivity index (χ3n) is 2.77. The molecule has 0 spiro atoms. The van der Waals surface area contributed by atoms with Crippen molar-refractivity contribution in [3.05, 3.63) is 48.5 Å². The molecule has 1 N–H and O–H groups in total. The Morgan fingerprint density at radius 1 is 1.28 bits per heavy atom. The van der Waals surface area contributed by atoms with Gasteiger partial charge in [0.25, 0.3) is 6.43 Å². The van der Waals surface area contributed by atoms with Crippen LogP contribution < -0.4 is 5.32 Å². The Balaban J connectivity index is 2.03. The summed E-state index contributed by atoms with van der Waals surface area (Å²) >= 11 is 0. The molecule has 3 nitrogen and oxygen atoms in total. The lowest BCUT2D eigenvalue weighted by molar-refractivity contribution is 0.142. The van der Waals surface area contributed by atoms with Gasteiger partial charge in [-0.15, -0.1) is 0 Å². The molecule has 0 saturated heterocycles. The Morgan fingerprint density at radius 3 is 2.56 bits per heavy atom. The second-order valence-corrected chi connectivity index (χ2v) is 4.08. The monoisotopic (exact) mass is 251 g/mol. The zero-order chi connectivity index (χ0) is 13.0. The minimum atomic E-state index is -2.32. The van der Waals surface area contributed by atoms with Gasteiger partial charge in [-0.05, 0) is 24.6 Å². The first-order chi connectivity index (χ1) is 8.66. The van der Waals surface area contributed by atoms with E-state index in [9.17, 15) is 8.78 Å². The lowest BCUT2D eigenvalue weighted by Gasteiger charge is -2.14. The van der Waals surface area contributed by atoms with Crippen molar-refractivity contribution in [3.8, 4) is 5.69 Å². The van der Waals surface area contributed by atoms with Crippen molar-refractivity contribution in [3.63, 3.8) is 0 Å². The summed E-state index contributed by atoms with van der Waals surface area (Å²) in [5.41, 5.74) is 1.98. The van der Waals surface area contributed by atoms with Gasteiger partial charge < -0.3 is 9.88 Å². The van der Waals surface area contributed by atoms with E-state index in [-0.39, 0.29) is 12.6 Å². The second-order valence-electron chi connectivity index (χ2n) is 4.08. The van der Waals surface area contributed by atoms with Gasteiger partial charge in [0, 0.05) is 24.1 Å². The number of aromatic nitrogens is 2. The smallest absolute Gasteiger partial charge is 0.250 e. The van der Waals surface area contributed by atoms with Gasteiger partial charge in [-0.3, -0.25) is 0 Å². The van der Waals surface area contributed by atoms with Crippen molar-refractivity contribution < 1.29 is 8.78 Å². The van der Waals surface area contributed by atoms with Crippen LogP contribution in [0, 0.1) is 0 Å². The standard InChI is InChI=1S/C13H15F2N3/c1-10(17-8-13(14)15)11-2-4-12(5-3-11)18-7-6-16-9-18/h2-7,9-10,13,17H,8H2,1H3. The fraction of sp³-hybridized carbons (Fsp3) is 0.308. The molecule has 0 amide bonds. The third-order valence-corrected chi connectivity index (χ3v) is 2.77. The van der Waals surface area contributed by atoms with E-state index in [1.54, 1.807) is 12.5 Å². The maximum atomic E-state index is 12.1. The number of rotatable bonds is 5. The minimum absolute atomic E-state index is 0.0872. The highest BCUT2D eigenvalue weighted by Crippen LogP contribution is 2.15. The molecular formula is C13H15F2N3. The molecule has 18 heavy (non-hydrogen) atoms. The summed E-state index contributed by atoms with van der Waals surface area (Å²) in [7, 11) is 0. The van der Waals surface area contributed by atoms with E-state index in [1.807, 2.05) is 42.0 Å². The maximum Gasteiger partial charge on any atom is 0.250 e. The molecule has 0 radical (unpaired) electrons. The fourth-order valence-corrected chi connectivity index (χ4v) is 1.73. The van der Waals surface area contributed by atoms with Gasteiger partial charge in [0.15, 0.2) is 0 Å². The quantitative estimate of drug-likeness (QED) is 0.885. The lowest BCUT2D eigenvalue weighted by atomic mass is 10.1. The Kier molecular flexibility index (Phi) is 4.04. The predicted octanol–water partition coefficient (Wildman–Crippen LogP) is 2.79. The molecule has 1 aromatic heterocycles. The van der Waals surface area contributed by atoms with Gasteiger partial charge in [0.2, 0.25) is 0 Å². The van der Waals surface area contributed by atoms with Crippen molar-refractivity contribution in [2.45, 2.75) is 19.4 Å². The Morgan fingerprint density at radius 2 is 2.00 bits per heavy atom. The first-order valence-electron chi connectivity index (χ1n) is 5.76. The van der Waals surface area contributed by atoms with Crippen LogP contribution in [0.1, 0.15) is 18.5 Å². The molecule has 1 aromatic carbocycles. The van der Waals surface area contributed by atoms with Crippen molar-refractivity contribution in [1.82, 2.24) is 14.9 Å². The topological polar surface area (TPSA) is 29.9 Å². The first kappa shape index (κ1) is 12.7. The van der Waals surface area contributed by atoms with Crippen molar-refractivity contribution >= 4 is 0 Å². The average molecular weight is 251 g/mol. The van der Waals surface area contributed by atoms with Gasteiger partial charge in [0.05, 0.1) is 12.9 Å². The molecule has 0 bridgehead atoms. The van der Waals surface area contributed by atoms with Crippen LogP contribution in [0.3, 0.4) is 0 Å². The summed E-state index contributed by atoms with van der Waals surface area (Å²) in [5, 5.41) is 2.78. The van der Waals surface area contributed by atoms with Crippen LogP contribution in [0.4, 0.5) is 8.78 Å². The van der Waals surface area contributed by atoms with E-state index in [2.05, 4.69) is 10.3 Å². The number of nitrogens with zero attached hydrogens (tertiary/aromatic N) is 2. The molecule has 2 aromatic rings. The van der Waals surface area contributed by atoms with Crippen LogP contribution in [-0.4, -0.2) is 22.5 Å². The number of alkyl halides is 2. The van der Waals surface area contributed by atoms with Gasteiger partial charge >= 0.3 is 0 Å². The summed E-state index contributed by atoms with van der Waals surface area (Å²) in [5.74, 6) is 0. The molecular weight excluding hydrogens is 236 g/mol. The van der Waals surface area contributed by atoms with E-state index < -0.39 is 6.43 Å². The van der Waals surface area contributed by atoms with E-state index in [0.717, 1.165) is 11.3 Å². The Bertz CT molecular complexity index is 465. The number of imidazole rings is 1. The van der Waals surface area contributed by atoms with Crippen LogP contribution >= 0.6 is 0 Å². The minimum Gasteiger partial charge on any atom is -0.306 e. The number of nitrogens with one attached hydrogen (secondary N) is 1. The molecule has 2 rings (SSSR count). The SMILES string of the molecule is CC(NCC(F)F)c1ccc(-n2ccnc2)cc1. The number of halogens is 2. The third kappa shape index (κ3) is 3.13. The van der Waals surface area contributed by atoms with Crippen molar-refractivity contribution in [1.29, 1.82) is 0 Å². The van der Waals surface area contributed by atoms with Crippen LogP contribution in [0.25, 0.3) is 5.69 Å². The Labute approximate surface area is 104 Å².